The third-order valence-electron chi connectivity index (χ3n) is 1.75. The van der Waals surface area contributed by atoms with Gasteiger partial charge in [-0.15, -0.1) is 0 Å². The average Bonchev–Trinajstić information content (AvgIpc) is 2.12. The van der Waals surface area contributed by atoms with Crippen LogP contribution in [0.5, 0.6) is 0 Å². The fraction of sp³-hybridized carbons (Fsp3) is 0. The first kappa shape index (κ1) is 9.25. The first-order valence-electron chi connectivity index (χ1n) is 3.58. The van der Waals surface area contributed by atoms with E-state index in [9.17, 15) is 0 Å². The van der Waals surface area contributed by atoms with Crippen LogP contribution >= 0.6 is 39.1 Å². The van der Waals surface area contributed by atoms with Crippen molar-refractivity contribution in [3.05, 3.63) is 39.0 Å². The fourth-order valence-corrected chi connectivity index (χ4v) is 1.97. The van der Waals surface area contributed by atoms with Gasteiger partial charge in [-0.3, -0.25) is 0 Å². The molecular formula is C9H4BrCl2N. The molecule has 0 bridgehead atoms. The molecule has 1 aromatic heterocycles. The highest BCUT2D eigenvalue weighted by molar-refractivity contribution is 9.10. The molecule has 0 aliphatic rings. The van der Waals surface area contributed by atoms with Crippen molar-refractivity contribution >= 4 is 49.9 Å². The molecule has 4 heteroatoms. The van der Waals surface area contributed by atoms with Gasteiger partial charge in [0.25, 0.3) is 0 Å². The first-order chi connectivity index (χ1) is 6.18. The van der Waals surface area contributed by atoms with Gasteiger partial charge in [-0.2, -0.15) is 0 Å². The van der Waals surface area contributed by atoms with Crippen molar-refractivity contribution in [1.82, 2.24) is 4.98 Å². The number of aromatic nitrogens is 1. The minimum atomic E-state index is 0.473. The predicted octanol–water partition coefficient (Wildman–Crippen LogP) is 4.30. The number of benzene rings is 1. The second-order valence-electron chi connectivity index (χ2n) is 2.59. The van der Waals surface area contributed by atoms with Crippen molar-refractivity contribution in [3.63, 3.8) is 0 Å². The summed E-state index contributed by atoms with van der Waals surface area (Å²) in [4.78, 5) is 4.01. The standard InChI is InChI=1S/C9H4BrCl2N/c10-8-4-13-9(12)7-3-5(11)1-2-6(7)8/h1-4H. The van der Waals surface area contributed by atoms with Gasteiger partial charge >= 0.3 is 0 Å². The summed E-state index contributed by atoms with van der Waals surface area (Å²) in [6, 6.07) is 5.54. The summed E-state index contributed by atoms with van der Waals surface area (Å²) in [5.74, 6) is 0. The Kier molecular flexibility index (Phi) is 2.45. The molecule has 0 fully saturated rings. The van der Waals surface area contributed by atoms with E-state index in [0.29, 0.717) is 10.2 Å². The minimum absolute atomic E-state index is 0.473. The molecule has 66 valence electrons. The molecule has 1 heterocycles. The highest BCUT2D eigenvalue weighted by atomic mass is 79.9. The number of hydrogen-bond donors (Lipinski definition) is 0. The maximum Gasteiger partial charge on any atom is 0.136 e. The molecule has 1 nitrogen and oxygen atoms in total. The molecule has 0 radical (unpaired) electrons. The summed E-state index contributed by atoms with van der Waals surface area (Å²) < 4.78 is 0.920. The molecule has 0 aliphatic carbocycles. The summed E-state index contributed by atoms with van der Waals surface area (Å²) in [5, 5.41) is 3.02. The molecule has 0 saturated heterocycles. The second-order valence-corrected chi connectivity index (χ2v) is 4.24. The Bertz CT molecular complexity index is 470. The number of nitrogens with zero attached hydrogens (tertiary/aromatic N) is 1. The lowest BCUT2D eigenvalue weighted by atomic mass is 10.2. The minimum Gasteiger partial charge on any atom is -0.243 e. The van der Waals surface area contributed by atoms with Crippen molar-refractivity contribution < 1.29 is 0 Å². The third-order valence-corrected chi connectivity index (χ3v) is 2.92. The number of halogens is 3. The fourth-order valence-electron chi connectivity index (χ4n) is 1.15. The van der Waals surface area contributed by atoms with E-state index in [0.717, 1.165) is 15.2 Å². The van der Waals surface area contributed by atoms with Crippen molar-refractivity contribution in [2.45, 2.75) is 0 Å². The molecule has 0 unspecified atom stereocenters. The monoisotopic (exact) mass is 275 g/mol. The van der Waals surface area contributed by atoms with E-state index < -0.39 is 0 Å². The zero-order valence-corrected chi connectivity index (χ0v) is 9.49. The van der Waals surface area contributed by atoms with Gasteiger partial charge < -0.3 is 0 Å². The van der Waals surface area contributed by atoms with Crippen LogP contribution in [-0.2, 0) is 0 Å². The first-order valence-corrected chi connectivity index (χ1v) is 5.12. The summed E-state index contributed by atoms with van der Waals surface area (Å²) in [5.41, 5.74) is 0. The molecule has 2 aromatic rings. The van der Waals surface area contributed by atoms with E-state index in [4.69, 9.17) is 23.2 Å². The van der Waals surface area contributed by atoms with Crippen LogP contribution in [0.1, 0.15) is 0 Å². The zero-order valence-electron chi connectivity index (χ0n) is 6.39. The second kappa shape index (κ2) is 3.45. The van der Waals surface area contributed by atoms with Crippen LogP contribution in [0.25, 0.3) is 10.8 Å². The van der Waals surface area contributed by atoms with Gasteiger partial charge in [-0.25, -0.2) is 4.98 Å². The van der Waals surface area contributed by atoms with E-state index in [2.05, 4.69) is 20.9 Å². The molecule has 0 spiro atoms. The smallest absolute Gasteiger partial charge is 0.136 e. The highest BCUT2D eigenvalue weighted by Crippen LogP contribution is 2.29. The van der Waals surface area contributed by atoms with Crippen LogP contribution in [-0.4, -0.2) is 4.98 Å². The molecule has 0 saturated carbocycles. The van der Waals surface area contributed by atoms with Crippen LogP contribution < -0.4 is 0 Å². The summed E-state index contributed by atoms with van der Waals surface area (Å²) >= 11 is 15.1. The van der Waals surface area contributed by atoms with E-state index in [-0.39, 0.29) is 0 Å². The molecule has 13 heavy (non-hydrogen) atoms. The van der Waals surface area contributed by atoms with E-state index in [1.807, 2.05) is 12.1 Å². The quantitative estimate of drug-likeness (QED) is 0.654. The topological polar surface area (TPSA) is 12.9 Å². The van der Waals surface area contributed by atoms with E-state index in [1.165, 1.54) is 0 Å². The van der Waals surface area contributed by atoms with Crippen molar-refractivity contribution in [1.29, 1.82) is 0 Å². The lowest BCUT2D eigenvalue weighted by molar-refractivity contribution is 1.35. The summed E-state index contributed by atoms with van der Waals surface area (Å²) in [6.45, 7) is 0. The Morgan fingerprint density at radius 2 is 1.92 bits per heavy atom. The highest BCUT2D eigenvalue weighted by Gasteiger charge is 2.03. The molecule has 0 aliphatic heterocycles. The summed E-state index contributed by atoms with van der Waals surface area (Å²) in [6.07, 6.45) is 1.68. The lowest BCUT2D eigenvalue weighted by Crippen LogP contribution is -1.80. The van der Waals surface area contributed by atoms with Crippen LogP contribution in [0.2, 0.25) is 10.2 Å². The molecule has 2 rings (SSSR count). The molecule has 1 aromatic carbocycles. The molecule has 0 atom stereocenters. The lowest BCUT2D eigenvalue weighted by Gasteiger charge is -2.01. The van der Waals surface area contributed by atoms with E-state index >= 15 is 0 Å². The molecule has 0 amide bonds. The maximum atomic E-state index is 5.91. The van der Waals surface area contributed by atoms with Gasteiger partial charge in [0.05, 0.1) is 0 Å². The number of rotatable bonds is 0. The Morgan fingerprint density at radius 1 is 1.15 bits per heavy atom. The largest absolute Gasteiger partial charge is 0.243 e. The Morgan fingerprint density at radius 3 is 2.69 bits per heavy atom. The average molecular weight is 277 g/mol. The van der Waals surface area contributed by atoms with Gasteiger partial charge in [0.2, 0.25) is 0 Å². The summed E-state index contributed by atoms with van der Waals surface area (Å²) in [7, 11) is 0. The Balaban J connectivity index is 2.92. The number of pyridine rings is 1. The molecular weight excluding hydrogens is 273 g/mol. The normalized spacial score (nSPS) is 10.7. The SMILES string of the molecule is Clc1ccc2c(Br)cnc(Cl)c2c1. The van der Waals surface area contributed by atoms with Gasteiger partial charge in [0.1, 0.15) is 5.15 Å². The maximum absolute atomic E-state index is 5.91. The Labute approximate surface area is 93.8 Å². The Hall–Kier alpha value is -0.310. The number of hydrogen-bond acceptors (Lipinski definition) is 1. The zero-order chi connectivity index (χ0) is 9.42. The van der Waals surface area contributed by atoms with Crippen LogP contribution in [0.4, 0.5) is 0 Å². The van der Waals surface area contributed by atoms with Gasteiger partial charge in [0.15, 0.2) is 0 Å². The van der Waals surface area contributed by atoms with Crippen LogP contribution in [0.15, 0.2) is 28.9 Å². The van der Waals surface area contributed by atoms with Gasteiger partial charge in [-0.05, 0) is 28.1 Å². The third kappa shape index (κ3) is 1.66. The van der Waals surface area contributed by atoms with Crippen molar-refractivity contribution in [2.24, 2.45) is 0 Å². The van der Waals surface area contributed by atoms with Gasteiger partial charge in [0, 0.05) is 26.5 Å². The van der Waals surface area contributed by atoms with Crippen molar-refractivity contribution in [3.8, 4) is 0 Å². The van der Waals surface area contributed by atoms with Crippen LogP contribution in [0, 0.1) is 0 Å². The predicted molar refractivity (Wildman–Crippen MR) is 59.5 cm³/mol. The van der Waals surface area contributed by atoms with Crippen LogP contribution in [0.3, 0.4) is 0 Å². The molecule has 0 N–H and O–H groups in total. The van der Waals surface area contributed by atoms with Gasteiger partial charge in [-0.1, -0.05) is 29.3 Å². The number of fused-ring (bicyclic) bond motifs is 1. The van der Waals surface area contributed by atoms with E-state index in [1.54, 1.807) is 12.3 Å². The van der Waals surface area contributed by atoms with Crippen molar-refractivity contribution in [2.75, 3.05) is 0 Å².